The van der Waals surface area contributed by atoms with E-state index in [0.717, 1.165) is 16.7 Å². The summed E-state index contributed by atoms with van der Waals surface area (Å²) < 4.78 is 13.7. The van der Waals surface area contributed by atoms with Crippen LogP contribution in [0.5, 0.6) is 0 Å². The van der Waals surface area contributed by atoms with Gasteiger partial charge in [0.05, 0.1) is 4.47 Å². The van der Waals surface area contributed by atoms with Crippen LogP contribution < -0.4 is 0 Å². The number of Topliss-reactive ketones (excluding diaryl/α,β-unsaturated/α-hetero) is 1. The van der Waals surface area contributed by atoms with Crippen LogP contribution in [0.2, 0.25) is 0 Å². The van der Waals surface area contributed by atoms with Gasteiger partial charge in [-0.05, 0) is 52.5 Å². The first-order chi connectivity index (χ1) is 9.00. The van der Waals surface area contributed by atoms with Crippen LogP contribution in [0.25, 0.3) is 0 Å². The highest BCUT2D eigenvalue weighted by atomic mass is 79.9. The van der Waals surface area contributed by atoms with Gasteiger partial charge >= 0.3 is 0 Å². The summed E-state index contributed by atoms with van der Waals surface area (Å²) in [6.45, 7) is 3.96. The Bertz CT molecular complexity index is 614. The molecule has 0 amide bonds. The van der Waals surface area contributed by atoms with E-state index in [1.165, 1.54) is 6.07 Å². The van der Waals surface area contributed by atoms with Gasteiger partial charge in [-0.2, -0.15) is 0 Å². The van der Waals surface area contributed by atoms with Gasteiger partial charge in [0.15, 0.2) is 5.78 Å². The summed E-state index contributed by atoms with van der Waals surface area (Å²) in [5, 5.41) is 0. The molecule has 0 unspecified atom stereocenters. The smallest absolute Gasteiger partial charge is 0.168 e. The SMILES string of the molecule is Cc1cccc(C)c1CC(=O)c1cccc(F)c1Br. The van der Waals surface area contributed by atoms with Crippen molar-refractivity contribution in [3.63, 3.8) is 0 Å². The highest BCUT2D eigenvalue weighted by Gasteiger charge is 2.15. The summed E-state index contributed by atoms with van der Waals surface area (Å²) >= 11 is 3.14. The van der Waals surface area contributed by atoms with E-state index in [-0.39, 0.29) is 10.3 Å². The van der Waals surface area contributed by atoms with Gasteiger partial charge in [-0.15, -0.1) is 0 Å². The molecule has 0 aromatic heterocycles. The van der Waals surface area contributed by atoms with Crippen molar-refractivity contribution < 1.29 is 9.18 Å². The molecule has 0 aliphatic carbocycles. The average Bonchev–Trinajstić information content (AvgIpc) is 2.37. The van der Waals surface area contributed by atoms with Crippen molar-refractivity contribution in [2.24, 2.45) is 0 Å². The largest absolute Gasteiger partial charge is 0.294 e. The lowest BCUT2D eigenvalue weighted by atomic mass is 9.95. The number of halogens is 2. The first-order valence-corrected chi connectivity index (χ1v) is 6.82. The van der Waals surface area contributed by atoms with Gasteiger partial charge in [-0.25, -0.2) is 4.39 Å². The summed E-state index contributed by atoms with van der Waals surface area (Å²) in [5.41, 5.74) is 3.58. The number of hydrogen-bond donors (Lipinski definition) is 0. The molecule has 0 radical (unpaired) electrons. The van der Waals surface area contributed by atoms with Crippen LogP contribution in [-0.4, -0.2) is 5.78 Å². The minimum Gasteiger partial charge on any atom is -0.294 e. The van der Waals surface area contributed by atoms with E-state index in [2.05, 4.69) is 15.9 Å². The monoisotopic (exact) mass is 320 g/mol. The third-order valence-corrected chi connectivity index (χ3v) is 4.04. The minimum atomic E-state index is -0.410. The quantitative estimate of drug-likeness (QED) is 0.753. The number of carbonyl (C=O) groups excluding carboxylic acids is 1. The molecule has 2 aromatic rings. The highest BCUT2D eigenvalue weighted by molar-refractivity contribution is 9.10. The molecule has 0 N–H and O–H groups in total. The summed E-state index contributed by atoms with van der Waals surface area (Å²) in [6, 6.07) is 10.5. The molecular weight excluding hydrogens is 307 g/mol. The van der Waals surface area contributed by atoms with Gasteiger partial charge in [0, 0.05) is 12.0 Å². The molecule has 0 aliphatic rings. The summed E-state index contributed by atoms with van der Waals surface area (Å²) in [4.78, 5) is 12.3. The van der Waals surface area contributed by atoms with Crippen molar-refractivity contribution in [2.45, 2.75) is 20.3 Å². The Balaban J connectivity index is 2.34. The molecule has 0 bridgehead atoms. The number of ketones is 1. The van der Waals surface area contributed by atoms with E-state index < -0.39 is 5.82 Å². The lowest BCUT2D eigenvalue weighted by molar-refractivity contribution is 0.0991. The van der Waals surface area contributed by atoms with E-state index in [4.69, 9.17) is 0 Å². The van der Waals surface area contributed by atoms with Gasteiger partial charge in [-0.3, -0.25) is 4.79 Å². The van der Waals surface area contributed by atoms with Gasteiger partial charge in [0.1, 0.15) is 5.82 Å². The Hall–Kier alpha value is -1.48. The van der Waals surface area contributed by atoms with Crippen molar-refractivity contribution in [3.05, 3.63) is 68.9 Å². The zero-order chi connectivity index (χ0) is 14.0. The van der Waals surface area contributed by atoms with E-state index in [0.29, 0.717) is 12.0 Å². The molecule has 0 aliphatic heterocycles. The zero-order valence-corrected chi connectivity index (χ0v) is 12.4. The minimum absolute atomic E-state index is 0.0798. The molecule has 0 spiro atoms. The molecule has 0 heterocycles. The van der Waals surface area contributed by atoms with E-state index in [1.54, 1.807) is 12.1 Å². The van der Waals surface area contributed by atoms with Crippen LogP contribution in [0.3, 0.4) is 0 Å². The summed E-state index contributed by atoms with van der Waals surface area (Å²) in [7, 11) is 0. The average molecular weight is 321 g/mol. The van der Waals surface area contributed by atoms with E-state index in [9.17, 15) is 9.18 Å². The van der Waals surface area contributed by atoms with E-state index >= 15 is 0 Å². The molecule has 1 nitrogen and oxygen atoms in total. The second kappa shape index (κ2) is 5.66. The van der Waals surface area contributed by atoms with Gasteiger partial charge in [0.25, 0.3) is 0 Å². The standard InChI is InChI=1S/C16H14BrFO/c1-10-5-3-6-11(2)13(10)9-15(19)12-7-4-8-14(18)16(12)17/h3-8H,9H2,1-2H3. The van der Waals surface area contributed by atoms with Crippen molar-refractivity contribution in [2.75, 3.05) is 0 Å². The third kappa shape index (κ3) is 2.92. The van der Waals surface area contributed by atoms with Gasteiger partial charge in [0.2, 0.25) is 0 Å². The Kier molecular flexibility index (Phi) is 4.15. The topological polar surface area (TPSA) is 17.1 Å². The second-order valence-electron chi connectivity index (χ2n) is 4.57. The molecule has 0 saturated heterocycles. The van der Waals surface area contributed by atoms with Crippen LogP contribution >= 0.6 is 15.9 Å². The Morgan fingerprint density at radius 2 is 1.68 bits per heavy atom. The maximum absolute atomic E-state index is 13.4. The molecule has 19 heavy (non-hydrogen) atoms. The summed E-state index contributed by atoms with van der Waals surface area (Å²) in [5.74, 6) is -0.490. The first kappa shape index (κ1) is 13.9. The highest BCUT2D eigenvalue weighted by Crippen LogP contribution is 2.23. The molecule has 0 saturated carbocycles. The first-order valence-electron chi connectivity index (χ1n) is 6.03. The van der Waals surface area contributed by atoms with Gasteiger partial charge in [-0.1, -0.05) is 30.3 Å². The molecule has 0 atom stereocenters. The number of hydrogen-bond acceptors (Lipinski definition) is 1. The van der Waals surface area contributed by atoms with Crippen LogP contribution in [0.1, 0.15) is 27.0 Å². The van der Waals surface area contributed by atoms with Crippen molar-refractivity contribution in [1.82, 2.24) is 0 Å². The number of rotatable bonds is 3. The fraction of sp³-hybridized carbons (Fsp3) is 0.188. The molecule has 2 aromatic carbocycles. The van der Waals surface area contributed by atoms with E-state index in [1.807, 2.05) is 32.0 Å². The lowest BCUT2D eigenvalue weighted by Crippen LogP contribution is -2.08. The van der Waals surface area contributed by atoms with Crippen LogP contribution in [0, 0.1) is 19.7 Å². The van der Waals surface area contributed by atoms with Crippen molar-refractivity contribution in [1.29, 1.82) is 0 Å². The molecule has 2 rings (SSSR count). The Labute approximate surface area is 120 Å². The number of carbonyl (C=O) groups is 1. The Morgan fingerprint density at radius 1 is 1.11 bits per heavy atom. The fourth-order valence-electron chi connectivity index (χ4n) is 2.10. The molecule has 98 valence electrons. The van der Waals surface area contributed by atoms with Crippen molar-refractivity contribution in [3.8, 4) is 0 Å². The van der Waals surface area contributed by atoms with Crippen LogP contribution in [0.4, 0.5) is 4.39 Å². The maximum Gasteiger partial charge on any atom is 0.168 e. The van der Waals surface area contributed by atoms with Gasteiger partial charge < -0.3 is 0 Å². The summed E-state index contributed by atoms with van der Waals surface area (Å²) in [6.07, 6.45) is 0.292. The molecule has 3 heteroatoms. The predicted octanol–water partition coefficient (Wildman–Crippen LogP) is 4.63. The second-order valence-corrected chi connectivity index (χ2v) is 5.36. The predicted molar refractivity (Wildman–Crippen MR) is 78.1 cm³/mol. The number of benzene rings is 2. The number of aryl methyl sites for hydroxylation is 2. The maximum atomic E-state index is 13.4. The molecule has 0 fully saturated rings. The zero-order valence-electron chi connectivity index (χ0n) is 10.8. The van der Waals surface area contributed by atoms with Crippen LogP contribution in [0.15, 0.2) is 40.9 Å². The lowest BCUT2D eigenvalue weighted by Gasteiger charge is -2.10. The van der Waals surface area contributed by atoms with Crippen LogP contribution in [-0.2, 0) is 6.42 Å². The Morgan fingerprint density at radius 3 is 2.32 bits per heavy atom. The fourth-order valence-corrected chi connectivity index (χ4v) is 2.59. The van der Waals surface area contributed by atoms with Crippen molar-refractivity contribution >= 4 is 21.7 Å². The normalized spacial score (nSPS) is 10.5. The molecular formula is C16H14BrFO. The third-order valence-electron chi connectivity index (χ3n) is 3.23.